The van der Waals surface area contributed by atoms with Gasteiger partial charge in [0.1, 0.15) is 0 Å². The van der Waals surface area contributed by atoms with Gasteiger partial charge in [-0.1, -0.05) is 13.8 Å². The second-order valence-corrected chi connectivity index (χ2v) is 26.9. The van der Waals surface area contributed by atoms with Crippen molar-refractivity contribution >= 4 is 124 Å². The molecular weight excluding hydrogens is 1350 g/mol. The van der Waals surface area contributed by atoms with E-state index in [1.54, 1.807) is 97.1 Å². The first-order valence-corrected chi connectivity index (χ1v) is 33.6. The van der Waals surface area contributed by atoms with Crippen LogP contribution in [0.1, 0.15) is 103 Å². The molecule has 0 aliphatic rings. The van der Waals surface area contributed by atoms with Crippen LogP contribution in [0.2, 0.25) is 0 Å². The zero-order chi connectivity index (χ0) is 76.1. The van der Waals surface area contributed by atoms with Crippen molar-refractivity contribution < 1.29 is 69.3 Å². The summed E-state index contributed by atoms with van der Waals surface area (Å²) in [5, 5.41) is 34.3. The molecule has 0 saturated heterocycles. The maximum Gasteiger partial charge on any atom is 0.397 e. The number of hydrogen-bond acceptors (Lipinski definition) is 25. The van der Waals surface area contributed by atoms with Gasteiger partial charge in [-0.25, -0.2) is 12.6 Å². The summed E-state index contributed by atoms with van der Waals surface area (Å²) in [6.45, 7) is 9.35. The normalized spacial score (nSPS) is 11.1. The van der Waals surface area contributed by atoms with Gasteiger partial charge in [-0.05, 0) is 170 Å². The fourth-order valence-corrected chi connectivity index (χ4v) is 10.1. The van der Waals surface area contributed by atoms with Gasteiger partial charge >= 0.3 is 10.4 Å². The van der Waals surface area contributed by atoms with E-state index in [1.807, 2.05) is 34.6 Å². The molecule has 33 N–H and O–H groups in total. The number of aliphatic hydroxyl groups excluding tert-OH is 2. The minimum Gasteiger partial charge on any atom is -0.399 e. The lowest BCUT2D eigenvalue weighted by Crippen LogP contribution is -2.42. The van der Waals surface area contributed by atoms with Crippen LogP contribution in [0.5, 0.6) is 0 Å². The van der Waals surface area contributed by atoms with Crippen LogP contribution < -0.4 is 101 Å². The predicted octanol–water partition coefficient (Wildman–Crippen LogP) is 1.25. The van der Waals surface area contributed by atoms with Crippen LogP contribution in [-0.4, -0.2) is 143 Å². The van der Waals surface area contributed by atoms with Crippen LogP contribution in [0.15, 0.2) is 127 Å². The van der Waals surface area contributed by atoms with Crippen molar-refractivity contribution in [1.82, 2.24) is 31.9 Å². The number of amides is 7. The maximum atomic E-state index is 12.3. The number of nitrogens with one attached hydrogen (secondary N) is 6. The second-order valence-electron chi connectivity index (χ2n) is 23.6. The van der Waals surface area contributed by atoms with Gasteiger partial charge in [0.05, 0.1) is 30.8 Å². The standard InChI is InChI=1S/C19H26N6O2.C18H23N5O3.C11H17N3O7S2.C10H14N2O2.C8H10N2O/c1-19(2,9-24-17(26)11-3-13(20)7-14(21)4-11)10-25-18(27)12-5-15(22)8-16(23)6-12;1-10-2-11(4-13(19)3-10)17(25)22-8-16(24)9-23-18(26)12-5-14(20)7-15(21)6-12;12-9-5-8(6-10(13)7-9)11(15)14-1-3-22(16,17)4-2-21-23(18,19)20;1-7-4-8(6-9(11)5-7)10(14)12-2-3-13;1-5-2-6(8(10)11)4-7(9)3-5/h3-8H,9-10,20-23H2,1-2H3,(H,24,26)(H,25,27);2-7,16,24H,8-9,19-21H2,1H3,(H,22,25)(H,23,26);5-7H,1-4,12-13H2,(H,14,15)(H,18,19,20);4-6,13H,2-3,11H2,1H3,(H,12,14);2-4H,9H2,1H3,(H2,10,11). The summed E-state index contributed by atoms with van der Waals surface area (Å²) >= 11 is 0. The molecule has 7 amide bonds. The largest absolute Gasteiger partial charge is 0.399 e. The lowest BCUT2D eigenvalue weighted by molar-refractivity contribution is 0.0879. The average molecular weight is 1440 g/mol. The molecule has 0 aliphatic heterocycles. The summed E-state index contributed by atoms with van der Waals surface area (Å²) in [4.78, 5) is 82.7. The highest BCUT2D eigenvalue weighted by Crippen LogP contribution is 2.20. The van der Waals surface area contributed by atoms with Gasteiger partial charge in [-0.3, -0.25) is 38.1 Å². The van der Waals surface area contributed by atoms with Gasteiger partial charge in [0.2, 0.25) is 5.91 Å². The number of anilines is 11. The average Bonchev–Trinajstić information content (AvgIpc) is 0.881. The summed E-state index contributed by atoms with van der Waals surface area (Å²) in [6, 6.07) is 33.4. The van der Waals surface area contributed by atoms with Crippen LogP contribution in [0.25, 0.3) is 0 Å². The molecule has 0 heterocycles. The Kier molecular flexibility index (Phi) is 32.4. The highest BCUT2D eigenvalue weighted by Gasteiger charge is 2.22. The minimum absolute atomic E-state index is 0.0218. The number of carbonyl (C=O) groups is 7. The predicted molar refractivity (Wildman–Crippen MR) is 393 cm³/mol. The van der Waals surface area contributed by atoms with Crippen molar-refractivity contribution in [2.24, 2.45) is 11.1 Å². The molecule has 546 valence electrons. The fraction of sp³-hybridized carbons (Fsp3) is 0.258. The quantitative estimate of drug-likeness (QED) is 0.0299. The van der Waals surface area contributed by atoms with E-state index in [1.165, 1.54) is 30.3 Å². The Balaban J connectivity index is 0.000000339. The molecule has 7 rings (SSSR count). The minimum atomic E-state index is -4.68. The smallest absolute Gasteiger partial charge is 0.397 e. The Morgan fingerprint density at radius 2 is 0.653 bits per heavy atom. The van der Waals surface area contributed by atoms with Crippen molar-refractivity contribution in [1.29, 1.82) is 0 Å². The molecule has 7 aromatic rings. The van der Waals surface area contributed by atoms with Crippen molar-refractivity contribution in [3.63, 3.8) is 0 Å². The molecule has 0 fully saturated rings. The van der Waals surface area contributed by atoms with Crippen LogP contribution in [0.4, 0.5) is 62.6 Å². The molecule has 1 unspecified atom stereocenters. The van der Waals surface area contributed by atoms with Crippen molar-refractivity contribution in [3.05, 3.63) is 183 Å². The Labute approximate surface area is 584 Å². The number of rotatable bonds is 24. The number of hydrogen-bond donors (Lipinski definition) is 21. The Hall–Kier alpha value is -11.6. The highest BCUT2D eigenvalue weighted by molar-refractivity contribution is 7.91. The van der Waals surface area contributed by atoms with Crippen molar-refractivity contribution in [2.75, 3.05) is 127 Å². The van der Waals surface area contributed by atoms with E-state index in [2.05, 4.69) is 36.1 Å². The third-order valence-corrected chi connectivity index (χ3v) is 15.3. The van der Waals surface area contributed by atoms with Crippen LogP contribution in [0, 0.1) is 26.2 Å². The van der Waals surface area contributed by atoms with Crippen molar-refractivity contribution in [3.8, 4) is 0 Å². The lowest BCUT2D eigenvalue weighted by Gasteiger charge is -2.25. The molecule has 33 nitrogen and oxygen atoms in total. The molecule has 0 spiro atoms. The van der Waals surface area contributed by atoms with Gasteiger partial charge in [-0.2, -0.15) is 8.42 Å². The van der Waals surface area contributed by atoms with Gasteiger partial charge in [0.15, 0.2) is 9.84 Å². The number of carbonyl (C=O) groups excluding carboxylic acids is 7. The SMILES string of the molecule is CC(C)(CNC(=O)c1cc(N)cc(N)c1)CNC(=O)c1cc(N)cc(N)c1.Cc1cc(N)cc(C(=O)NCC(O)CNC(=O)c2cc(N)cc(N)c2)c1.Cc1cc(N)cc(C(=O)NCCO)c1.Cc1cc(N)cc(C(N)=O)c1.Nc1cc(N)cc(C(=O)NCCS(=O)(=O)CCOS(=O)(=O)O)c1. The number of aryl methyl sites for hydroxylation is 3. The Bertz CT molecular complexity index is 4040. The highest BCUT2D eigenvalue weighted by atomic mass is 32.3. The Morgan fingerprint density at radius 3 is 0.941 bits per heavy atom. The van der Waals surface area contributed by atoms with E-state index in [-0.39, 0.29) is 67.4 Å². The Morgan fingerprint density at radius 1 is 0.396 bits per heavy atom. The van der Waals surface area contributed by atoms with E-state index in [0.717, 1.165) is 16.7 Å². The molecule has 0 aliphatic carbocycles. The molecule has 0 saturated carbocycles. The fourth-order valence-electron chi connectivity index (χ4n) is 8.74. The lowest BCUT2D eigenvalue weighted by atomic mass is 9.93. The first-order valence-electron chi connectivity index (χ1n) is 30.4. The number of sulfone groups is 1. The van der Waals surface area contributed by atoms with Gasteiger partial charge in [-0.15, -0.1) is 0 Å². The first kappa shape index (κ1) is 83.6. The first-order chi connectivity index (χ1) is 47.0. The zero-order valence-electron chi connectivity index (χ0n) is 56.3. The van der Waals surface area contributed by atoms with E-state index >= 15 is 0 Å². The molecular formula is C66H90N18O15S2. The number of nitrogens with two attached hydrogens (primary N) is 12. The molecule has 1 atom stereocenters. The van der Waals surface area contributed by atoms with E-state index < -0.39 is 62.2 Å². The molecule has 0 radical (unpaired) electrons. The third-order valence-electron chi connectivity index (χ3n) is 13.2. The van der Waals surface area contributed by atoms with Crippen LogP contribution >= 0.6 is 0 Å². The molecule has 101 heavy (non-hydrogen) atoms. The topological polar surface area (TPSA) is 642 Å². The number of benzene rings is 7. The van der Waals surface area contributed by atoms with E-state index in [4.69, 9.17) is 78.5 Å². The number of aliphatic hydroxyl groups is 2. The van der Waals surface area contributed by atoms with E-state index in [0.29, 0.717) is 109 Å². The summed E-state index contributed by atoms with van der Waals surface area (Å²) < 4.78 is 56.0. The number of nitrogen functional groups attached to an aromatic ring is 11. The van der Waals surface area contributed by atoms with Gasteiger partial charge in [0.25, 0.3) is 35.4 Å². The summed E-state index contributed by atoms with van der Waals surface area (Å²) in [5.74, 6) is -3.58. The number of primary amides is 1. The van der Waals surface area contributed by atoms with Crippen LogP contribution in [0.3, 0.4) is 0 Å². The second kappa shape index (κ2) is 39.1. The molecule has 0 bridgehead atoms. The summed E-state index contributed by atoms with van der Waals surface area (Å²) in [7, 11) is -8.35. The van der Waals surface area contributed by atoms with Gasteiger partial charge in [0, 0.05) is 141 Å². The zero-order valence-corrected chi connectivity index (χ0v) is 57.9. The molecule has 35 heteroatoms. The maximum absolute atomic E-state index is 12.3. The summed E-state index contributed by atoms with van der Waals surface area (Å²) in [6.07, 6.45) is -0.955. The third kappa shape index (κ3) is 33.0. The molecule has 7 aromatic carbocycles. The summed E-state index contributed by atoms with van der Waals surface area (Å²) in [5.41, 5.74) is 76.8. The van der Waals surface area contributed by atoms with E-state index in [9.17, 15) is 55.5 Å². The van der Waals surface area contributed by atoms with Crippen molar-refractivity contribution in [2.45, 2.75) is 40.7 Å². The monoisotopic (exact) mass is 1440 g/mol. The van der Waals surface area contributed by atoms with Gasteiger partial charge < -0.3 is 111 Å². The molecule has 0 aromatic heterocycles. The van der Waals surface area contributed by atoms with Crippen LogP contribution in [-0.2, 0) is 24.4 Å².